The van der Waals surface area contributed by atoms with Crippen LogP contribution in [0.4, 0.5) is 0 Å². The van der Waals surface area contributed by atoms with E-state index in [-0.39, 0.29) is 5.41 Å². The molecule has 1 aliphatic carbocycles. The average molecular weight is 567 g/mol. The highest BCUT2D eigenvalue weighted by Crippen LogP contribution is 2.54. The summed E-state index contributed by atoms with van der Waals surface area (Å²) in [6.07, 6.45) is 8.10. The molecule has 0 amide bonds. The average Bonchev–Trinajstić information content (AvgIpc) is 3.66. The third-order valence-electron chi connectivity index (χ3n) is 9.96. The van der Waals surface area contributed by atoms with Gasteiger partial charge in [-0.2, -0.15) is 0 Å². The summed E-state index contributed by atoms with van der Waals surface area (Å²) in [6.45, 7) is 7.13. The Morgan fingerprint density at radius 1 is 0.659 bits per heavy atom. The van der Waals surface area contributed by atoms with E-state index in [9.17, 15) is 0 Å². The fourth-order valence-corrected chi connectivity index (χ4v) is 7.98. The number of hydrogen-bond acceptors (Lipinski definition) is 0. The van der Waals surface area contributed by atoms with Crippen LogP contribution in [0.5, 0.6) is 0 Å². The molecule has 7 aromatic rings. The molecule has 0 radical (unpaired) electrons. The maximum atomic E-state index is 2.55. The SMILES string of the molecule is CC1C=CC(c2cccc(-n3c4ccccc4c4ccc5c(c43)C(C)(C)c3c(-c4ccccc4)c4ccccc4n3-5)c2)=CC1. The minimum Gasteiger partial charge on any atom is -0.312 e. The van der Waals surface area contributed by atoms with Crippen molar-refractivity contribution in [2.75, 3.05) is 0 Å². The van der Waals surface area contributed by atoms with E-state index in [4.69, 9.17) is 0 Å². The van der Waals surface area contributed by atoms with Crippen LogP contribution in [0.25, 0.3) is 60.8 Å². The largest absolute Gasteiger partial charge is 0.312 e. The molecule has 9 rings (SSSR count). The van der Waals surface area contributed by atoms with Crippen LogP contribution >= 0.6 is 0 Å². The lowest BCUT2D eigenvalue weighted by Crippen LogP contribution is -2.18. The van der Waals surface area contributed by atoms with Gasteiger partial charge in [0.2, 0.25) is 0 Å². The molecular formula is C42H34N2. The predicted octanol–water partition coefficient (Wildman–Crippen LogP) is 11.0. The number of hydrogen-bond donors (Lipinski definition) is 0. The summed E-state index contributed by atoms with van der Waals surface area (Å²) in [5, 5.41) is 3.91. The van der Waals surface area contributed by atoms with Crippen LogP contribution in [0.2, 0.25) is 0 Å². The van der Waals surface area contributed by atoms with Gasteiger partial charge in [0.1, 0.15) is 0 Å². The fraction of sp³-hybridized carbons (Fsp3) is 0.143. The molecule has 0 spiro atoms. The summed E-state index contributed by atoms with van der Waals surface area (Å²) < 4.78 is 5.07. The van der Waals surface area contributed by atoms with E-state index in [1.165, 1.54) is 77.6 Å². The number of benzene rings is 5. The third kappa shape index (κ3) is 3.43. The van der Waals surface area contributed by atoms with E-state index < -0.39 is 0 Å². The molecular weight excluding hydrogens is 532 g/mol. The summed E-state index contributed by atoms with van der Waals surface area (Å²) in [4.78, 5) is 0. The Kier molecular flexibility index (Phi) is 5.32. The van der Waals surface area contributed by atoms with Crippen LogP contribution in [0.1, 0.15) is 44.0 Å². The molecule has 2 heteroatoms. The van der Waals surface area contributed by atoms with Crippen LogP contribution < -0.4 is 0 Å². The second-order valence-corrected chi connectivity index (χ2v) is 13.1. The number of nitrogens with zero attached hydrogens (tertiary/aromatic N) is 2. The Bertz CT molecular complexity index is 2340. The van der Waals surface area contributed by atoms with Gasteiger partial charge in [0, 0.05) is 44.1 Å². The zero-order valence-corrected chi connectivity index (χ0v) is 25.4. The Morgan fingerprint density at radius 2 is 1.36 bits per heavy atom. The van der Waals surface area contributed by atoms with Crippen LogP contribution in [0.15, 0.2) is 133 Å². The first-order valence-corrected chi connectivity index (χ1v) is 15.8. The molecule has 2 nitrogen and oxygen atoms in total. The second kappa shape index (κ2) is 9.21. The van der Waals surface area contributed by atoms with Crippen molar-refractivity contribution in [3.05, 3.63) is 150 Å². The van der Waals surface area contributed by atoms with Crippen molar-refractivity contribution in [2.24, 2.45) is 5.92 Å². The highest BCUT2D eigenvalue weighted by Gasteiger charge is 2.43. The highest BCUT2D eigenvalue weighted by atomic mass is 15.1. The zero-order valence-electron chi connectivity index (χ0n) is 25.4. The van der Waals surface area contributed by atoms with Crippen LogP contribution in [-0.2, 0) is 5.41 Å². The van der Waals surface area contributed by atoms with Gasteiger partial charge in [0.25, 0.3) is 0 Å². The fourth-order valence-electron chi connectivity index (χ4n) is 7.98. The van der Waals surface area contributed by atoms with Crippen molar-refractivity contribution in [3.8, 4) is 22.5 Å². The van der Waals surface area contributed by atoms with Crippen LogP contribution in [0, 0.1) is 5.92 Å². The molecule has 0 bridgehead atoms. The van der Waals surface area contributed by atoms with Gasteiger partial charge in [-0.05, 0) is 59.4 Å². The lowest BCUT2D eigenvalue weighted by atomic mass is 9.79. The van der Waals surface area contributed by atoms with Gasteiger partial charge in [-0.15, -0.1) is 0 Å². The lowest BCUT2D eigenvalue weighted by Gasteiger charge is -2.24. The highest BCUT2D eigenvalue weighted by molar-refractivity contribution is 6.13. The monoisotopic (exact) mass is 566 g/mol. The normalized spacial score (nSPS) is 16.9. The number of aromatic nitrogens is 2. The maximum Gasteiger partial charge on any atom is 0.0603 e. The molecule has 0 saturated heterocycles. The van der Waals surface area contributed by atoms with Gasteiger partial charge < -0.3 is 9.13 Å². The van der Waals surface area contributed by atoms with E-state index >= 15 is 0 Å². The second-order valence-electron chi connectivity index (χ2n) is 13.1. The Morgan fingerprint density at radius 3 is 2.14 bits per heavy atom. The molecule has 1 aliphatic heterocycles. The first-order valence-electron chi connectivity index (χ1n) is 15.8. The Labute approximate surface area is 258 Å². The summed E-state index contributed by atoms with van der Waals surface area (Å²) in [7, 11) is 0. The van der Waals surface area contributed by atoms with Gasteiger partial charge >= 0.3 is 0 Å². The molecule has 2 aliphatic rings. The lowest BCUT2D eigenvalue weighted by molar-refractivity contribution is 0.649. The molecule has 0 saturated carbocycles. The summed E-state index contributed by atoms with van der Waals surface area (Å²) >= 11 is 0. The Hall–Kier alpha value is -5.08. The first kappa shape index (κ1) is 25.4. The molecule has 0 fully saturated rings. The van der Waals surface area contributed by atoms with E-state index in [0.29, 0.717) is 5.92 Å². The van der Waals surface area contributed by atoms with E-state index in [2.05, 4.69) is 163 Å². The standard InChI is InChI=1S/C42H34N2/c1-27-20-22-28(23-21-27)30-14-11-15-31(26-30)43-35-18-9-7-16-32(35)33-24-25-37-39(40(33)43)42(2,3)41-38(29-12-5-4-6-13-29)34-17-8-10-19-36(34)44(37)41/h4-20,22-27H,21H2,1-3H3. The number of rotatable bonds is 3. The Balaban J connectivity index is 1.38. The van der Waals surface area contributed by atoms with Crippen LogP contribution in [-0.4, -0.2) is 9.13 Å². The van der Waals surface area contributed by atoms with E-state index in [1.807, 2.05) is 0 Å². The molecule has 1 unspecified atom stereocenters. The van der Waals surface area contributed by atoms with Gasteiger partial charge in [0.05, 0.1) is 22.2 Å². The van der Waals surface area contributed by atoms with Crippen molar-refractivity contribution >= 4 is 38.3 Å². The minimum absolute atomic E-state index is 0.243. The number of allylic oxidation sites excluding steroid dienone is 4. The summed E-state index contributed by atoms with van der Waals surface area (Å²) in [6, 6.07) is 42.6. The molecule has 5 aromatic carbocycles. The van der Waals surface area contributed by atoms with Crippen molar-refractivity contribution < 1.29 is 0 Å². The molecule has 2 aromatic heterocycles. The van der Waals surface area contributed by atoms with Gasteiger partial charge in [-0.3, -0.25) is 0 Å². The van der Waals surface area contributed by atoms with Gasteiger partial charge in [-0.25, -0.2) is 0 Å². The smallest absolute Gasteiger partial charge is 0.0603 e. The van der Waals surface area contributed by atoms with Crippen molar-refractivity contribution in [1.29, 1.82) is 0 Å². The van der Waals surface area contributed by atoms with Crippen molar-refractivity contribution in [1.82, 2.24) is 9.13 Å². The van der Waals surface area contributed by atoms with E-state index in [1.54, 1.807) is 0 Å². The maximum absolute atomic E-state index is 2.55. The molecule has 0 N–H and O–H groups in total. The minimum atomic E-state index is -0.243. The molecule has 212 valence electrons. The summed E-state index contributed by atoms with van der Waals surface area (Å²) in [5.41, 5.74) is 14.0. The third-order valence-corrected chi connectivity index (χ3v) is 9.96. The summed E-state index contributed by atoms with van der Waals surface area (Å²) in [5.74, 6) is 0.596. The molecule has 1 atom stereocenters. The topological polar surface area (TPSA) is 9.86 Å². The predicted molar refractivity (Wildman–Crippen MR) is 186 cm³/mol. The molecule has 3 heterocycles. The van der Waals surface area contributed by atoms with Crippen LogP contribution in [0.3, 0.4) is 0 Å². The van der Waals surface area contributed by atoms with Crippen molar-refractivity contribution in [3.63, 3.8) is 0 Å². The molecule has 44 heavy (non-hydrogen) atoms. The number of para-hydroxylation sites is 2. The van der Waals surface area contributed by atoms with Gasteiger partial charge in [0.15, 0.2) is 0 Å². The first-order chi connectivity index (χ1) is 21.5. The van der Waals surface area contributed by atoms with E-state index in [0.717, 1.165) is 6.42 Å². The van der Waals surface area contributed by atoms with Crippen molar-refractivity contribution in [2.45, 2.75) is 32.6 Å². The van der Waals surface area contributed by atoms with Gasteiger partial charge in [-0.1, -0.05) is 124 Å². The number of fused-ring (bicyclic) bond motifs is 9. The quantitative estimate of drug-likeness (QED) is 0.201. The zero-order chi connectivity index (χ0) is 29.6.